The molecule has 2 aromatic rings. The largest absolute Gasteiger partial charge is 0.493 e. The van der Waals surface area contributed by atoms with Crippen molar-refractivity contribution in [3.63, 3.8) is 0 Å². The van der Waals surface area contributed by atoms with Crippen molar-refractivity contribution in [2.75, 3.05) is 19.5 Å². The zero-order valence-corrected chi connectivity index (χ0v) is 13.9. The molecule has 0 aromatic heterocycles. The number of methoxy groups -OCH3 is 2. The molecule has 1 aliphatic heterocycles. The molecule has 0 spiro atoms. The van der Waals surface area contributed by atoms with Gasteiger partial charge in [-0.2, -0.15) is 0 Å². The first-order valence-corrected chi connectivity index (χ1v) is 7.73. The van der Waals surface area contributed by atoms with Gasteiger partial charge in [0.05, 0.1) is 14.2 Å². The van der Waals surface area contributed by atoms with Crippen LogP contribution in [0.3, 0.4) is 0 Å². The number of hydrogen-bond acceptors (Lipinski definition) is 3. The molecule has 1 atom stereocenters. The minimum atomic E-state index is 0.000978. The lowest BCUT2D eigenvalue weighted by atomic mass is 9.84. The Balaban J connectivity index is 2.14. The van der Waals surface area contributed by atoms with E-state index in [2.05, 4.69) is 21.2 Å². The van der Waals surface area contributed by atoms with Gasteiger partial charge in [0.15, 0.2) is 11.5 Å². The van der Waals surface area contributed by atoms with Gasteiger partial charge in [-0.3, -0.25) is 4.79 Å². The van der Waals surface area contributed by atoms with E-state index in [9.17, 15) is 4.79 Å². The standard InChI is InChI=1S/C17H16BrNO3/c1-21-15-7-13-12(10-4-3-5-11(18)6-10)8-17(20)19-14(13)9-16(15)22-2/h3-7,9,12H,8H2,1-2H3,(H,19,20)/t12-/m1/s1. The Labute approximate surface area is 137 Å². The second-order valence-corrected chi connectivity index (χ2v) is 6.07. The molecule has 1 N–H and O–H groups in total. The van der Waals surface area contributed by atoms with Gasteiger partial charge in [-0.05, 0) is 29.3 Å². The smallest absolute Gasteiger partial charge is 0.225 e. The van der Waals surface area contributed by atoms with Crippen LogP contribution in [0.15, 0.2) is 40.9 Å². The van der Waals surface area contributed by atoms with Crippen LogP contribution in [-0.2, 0) is 4.79 Å². The molecule has 1 heterocycles. The van der Waals surface area contributed by atoms with Crippen molar-refractivity contribution in [3.05, 3.63) is 52.0 Å². The average Bonchev–Trinajstić information content (AvgIpc) is 2.52. The van der Waals surface area contributed by atoms with Gasteiger partial charge >= 0.3 is 0 Å². The summed E-state index contributed by atoms with van der Waals surface area (Å²) in [6, 6.07) is 11.8. The summed E-state index contributed by atoms with van der Waals surface area (Å²) < 4.78 is 11.7. The average molecular weight is 362 g/mol. The van der Waals surface area contributed by atoms with E-state index >= 15 is 0 Å². The molecular formula is C17H16BrNO3. The number of hydrogen-bond donors (Lipinski definition) is 1. The van der Waals surface area contributed by atoms with Crippen molar-refractivity contribution in [3.8, 4) is 11.5 Å². The molecule has 0 fully saturated rings. The second kappa shape index (κ2) is 6.01. The number of carbonyl (C=O) groups excluding carboxylic acids is 1. The van der Waals surface area contributed by atoms with Crippen molar-refractivity contribution in [1.82, 2.24) is 0 Å². The molecule has 5 heteroatoms. The quantitative estimate of drug-likeness (QED) is 0.900. The maximum atomic E-state index is 12.1. The van der Waals surface area contributed by atoms with Gasteiger partial charge in [0.1, 0.15) is 0 Å². The van der Waals surface area contributed by atoms with E-state index in [1.54, 1.807) is 14.2 Å². The van der Waals surface area contributed by atoms with Crippen LogP contribution in [0.2, 0.25) is 0 Å². The summed E-state index contributed by atoms with van der Waals surface area (Å²) in [6.45, 7) is 0. The minimum absolute atomic E-state index is 0.000978. The number of rotatable bonds is 3. The normalized spacial score (nSPS) is 16.7. The third kappa shape index (κ3) is 2.68. The number of amides is 1. The van der Waals surface area contributed by atoms with Gasteiger partial charge in [0, 0.05) is 28.6 Å². The summed E-state index contributed by atoms with van der Waals surface area (Å²) in [4.78, 5) is 12.1. The number of anilines is 1. The van der Waals surface area contributed by atoms with Gasteiger partial charge in [0.2, 0.25) is 5.91 Å². The van der Waals surface area contributed by atoms with Gasteiger partial charge in [0.25, 0.3) is 0 Å². The lowest BCUT2D eigenvalue weighted by Gasteiger charge is -2.27. The van der Waals surface area contributed by atoms with E-state index in [1.165, 1.54) is 0 Å². The van der Waals surface area contributed by atoms with E-state index in [-0.39, 0.29) is 11.8 Å². The molecule has 0 radical (unpaired) electrons. The fourth-order valence-corrected chi connectivity index (χ4v) is 3.23. The SMILES string of the molecule is COc1cc2c(cc1OC)[C@@H](c1cccc(Br)c1)CC(=O)N2. The van der Waals surface area contributed by atoms with Gasteiger partial charge in [-0.25, -0.2) is 0 Å². The van der Waals surface area contributed by atoms with Gasteiger partial charge < -0.3 is 14.8 Å². The summed E-state index contributed by atoms with van der Waals surface area (Å²) in [5, 5.41) is 2.91. The van der Waals surface area contributed by atoms with Gasteiger partial charge in [-0.15, -0.1) is 0 Å². The number of ether oxygens (including phenoxy) is 2. The van der Waals surface area contributed by atoms with Crippen LogP contribution in [0.1, 0.15) is 23.5 Å². The Morgan fingerprint density at radius 1 is 1.14 bits per heavy atom. The highest BCUT2D eigenvalue weighted by Crippen LogP contribution is 2.43. The Bertz CT molecular complexity index is 730. The first-order chi connectivity index (χ1) is 10.6. The Hall–Kier alpha value is -2.01. The van der Waals surface area contributed by atoms with E-state index in [4.69, 9.17) is 9.47 Å². The van der Waals surface area contributed by atoms with Crippen molar-refractivity contribution in [1.29, 1.82) is 0 Å². The number of fused-ring (bicyclic) bond motifs is 1. The number of carbonyl (C=O) groups is 1. The predicted octanol–water partition coefficient (Wildman–Crippen LogP) is 3.94. The molecule has 3 rings (SSSR count). The molecule has 22 heavy (non-hydrogen) atoms. The summed E-state index contributed by atoms with van der Waals surface area (Å²) in [7, 11) is 3.19. The van der Waals surface area contributed by atoms with Crippen molar-refractivity contribution < 1.29 is 14.3 Å². The predicted molar refractivity (Wildman–Crippen MR) is 88.8 cm³/mol. The molecule has 0 unspecified atom stereocenters. The fourth-order valence-electron chi connectivity index (χ4n) is 2.81. The zero-order valence-electron chi connectivity index (χ0n) is 12.4. The van der Waals surface area contributed by atoms with E-state index in [0.717, 1.165) is 21.3 Å². The summed E-state index contributed by atoms with van der Waals surface area (Å²) in [5.74, 6) is 1.28. The maximum absolute atomic E-state index is 12.1. The highest BCUT2D eigenvalue weighted by atomic mass is 79.9. The van der Waals surface area contributed by atoms with Crippen LogP contribution in [0.25, 0.3) is 0 Å². The molecule has 0 aliphatic carbocycles. The first kappa shape index (κ1) is 14.9. The van der Waals surface area contributed by atoms with Crippen molar-refractivity contribution in [2.24, 2.45) is 0 Å². The Kier molecular flexibility index (Phi) is 4.07. The molecular weight excluding hydrogens is 346 g/mol. The summed E-state index contributed by atoms with van der Waals surface area (Å²) in [6.07, 6.45) is 0.416. The Morgan fingerprint density at radius 3 is 2.55 bits per heavy atom. The molecule has 114 valence electrons. The molecule has 1 aliphatic rings. The summed E-state index contributed by atoms with van der Waals surface area (Å²) in [5.41, 5.74) is 2.91. The molecule has 0 bridgehead atoms. The lowest BCUT2D eigenvalue weighted by molar-refractivity contribution is -0.116. The minimum Gasteiger partial charge on any atom is -0.493 e. The van der Waals surface area contributed by atoms with Crippen LogP contribution in [-0.4, -0.2) is 20.1 Å². The van der Waals surface area contributed by atoms with Crippen LogP contribution in [0.5, 0.6) is 11.5 Å². The van der Waals surface area contributed by atoms with E-state index in [1.807, 2.05) is 36.4 Å². The van der Waals surface area contributed by atoms with Crippen molar-refractivity contribution >= 4 is 27.5 Å². The van der Waals surface area contributed by atoms with E-state index in [0.29, 0.717) is 17.9 Å². The molecule has 1 amide bonds. The molecule has 0 saturated heterocycles. The highest BCUT2D eigenvalue weighted by Gasteiger charge is 2.28. The number of benzene rings is 2. The van der Waals surface area contributed by atoms with E-state index < -0.39 is 0 Å². The summed E-state index contributed by atoms with van der Waals surface area (Å²) >= 11 is 3.49. The number of nitrogens with one attached hydrogen (secondary N) is 1. The lowest BCUT2D eigenvalue weighted by Crippen LogP contribution is -2.23. The fraction of sp³-hybridized carbons (Fsp3) is 0.235. The van der Waals surface area contributed by atoms with Crippen LogP contribution in [0.4, 0.5) is 5.69 Å². The van der Waals surface area contributed by atoms with Crippen molar-refractivity contribution in [2.45, 2.75) is 12.3 Å². The molecule has 2 aromatic carbocycles. The van der Waals surface area contributed by atoms with Gasteiger partial charge in [-0.1, -0.05) is 28.1 Å². The van der Waals surface area contributed by atoms with Crippen LogP contribution < -0.4 is 14.8 Å². The third-order valence-corrected chi connectivity index (χ3v) is 4.34. The third-order valence-electron chi connectivity index (χ3n) is 3.85. The van der Waals surface area contributed by atoms with Crippen LogP contribution >= 0.6 is 15.9 Å². The zero-order chi connectivity index (χ0) is 15.7. The monoisotopic (exact) mass is 361 g/mol. The first-order valence-electron chi connectivity index (χ1n) is 6.93. The molecule has 4 nitrogen and oxygen atoms in total. The number of halogens is 1. The van der Waals surface area contributed by atoms with Crippen LogP contribution in [0, 0.1) is 0 Å². The Morgan fingerprint density at radius 2 is 1.86 bits per heavy atom. The highest BCUT2D eigenvalue weighted by molar-refractivity contribution is 9.10. The molecule has 0 saturated carbocycles. The maximum Gasteiger partial charge on any atom is 0.225 e. The topological polar surface area (TPSA) is 47.6 Å². The second-order valence-electron chi connectivity index (χ2n) is 5.15.